The molecular formula is C16H14N4O. The van der Waals surface area contributed by atoms with Crippen LogP contribution in [0.25, 0.3) is 5.70 Å². The van der Waals surface area contributed by atoms with Crippen molar-refractivity contribution in [2.24, 2.45) is 11.5 Å². The van der Waals surface area contributed by atoms with Crippen molar-refractivity contribution in [2.45, 2.75) is 0 Å². The van der Waals surface area contributed by atoms with E-state index in [-0.39, 0.29) is 17.1 Å². The molecule has 0 unspecified atom stereocenters. The predicted molar refractivity (Wildman–Crippen MR) is 81.6 cm³/mol. The van der Waals surface area contributed by atoms with Crippen LogP contribution in [-0.2, 0) is 0 Å². The normalized spacial score (nSPS) is 11.2. The molecule has 0 heterocycles. The first-order valence-electron chi connectivity index (χ1n) is 6.19. The number of rotatable bonds is 4. The summed E-state index contributed by atoms with van der Waals surface area (Å²) in [5.74, 6) is 1.04. The molecule has 2 aromatic carbocycles. The maximum Gasteiger partial charge on any atom is 0.135 e. The van der Waals surface area contributed by atoms with Crippen LogP contribution in [0.4, 0.5) is 0 Å². The van der Waals surface area contributed by atoms with Gasteiger partial charge in [-0.15, -0.1) is 0 Å². The molecule has 5 N–H and O–H groups in total. The second kappa shape index (κ2) is 6.26. The van der Waals surface area contributed by atoms with Crippen molar-refractivity contribution in [1.29, 1.82) is 10.7 Å². The van der Waals surface area contributed by atoms with Crippen molar-refractivity contribution < 1.29 is 4.74 Å². The Bertz CT molecular complexity index is 712. The van der Waals surface area contributed by atoms with E-state index in [1.54, 1.807) is 24.3 Å². The number of hydrogen-bond acceptors (Lipinski definition) is 4. The predicted octanol–water partition coefficient (Wildman–Crippen LogP) is 2.61. The van der Waals surface area contributed by atoms with Crippen LogP contribution in [0, 0.1) is 16.7 Å². The molecule has 21 heavy (non-hydrogen) atoms. The highest BCUT2D eigenvalue weighted by atomic mass is 16.5. The van der Waals surface area contributed by atoms with E-state index >= 15 is 0 Å². The molecule has 0 spiro atoms. The van der Waals surface area contributed by atoms with Gasteiger partial charge in [-0.2, -0.15) is 5.26 Å². The molecule has 0 fully saturated rings. The molecule has 0 aromatic heterocycles. The highest BCUT2D eigenvalue weighted by molar-refractivity contribution is 6.05. The van der Waals surface area contributed by atoms with Gasteiger partial charge >= 0.3 is 0 Å². The summed E-state index contributed by atoms with van der Waals surface area (Å²) in [5.41, 5.74) is 11.9. The van der Waals surface area contributed by atoms with Crippen molar-refractivity contribution >= 4 is 11.5 Å². The van der Waals surface area contributed by atoms with Crippen LogP contribution in [0.5, 0.6) is 11.5 Å². The van der Waals surface area contributed by atoms with E-state index < -0.39 is 0 Å². The van der Waals surface area contributed by atoms with Crippen LogP contribution in [0.2, 0.25) is 0 Å². The third kappa shape index (κ3) is 3.39. The lowest BCUT2D eigenvalue weighted by Gasteiger charge is -2.08. The second-order valence-corrected chi connectivity index (χ2v) is 4.25. The summed E-state index contributed by atoms with van der Waals surface area (Å²) in [6, 6.07) is 18.1. The van der Waals surface area contributed by atoms with Crippen molar-refractivity contribution in [3.8, 4) is 17.6 Å². The molecule has 0 atom stereocenters. The van der Waals surface area contributed by atoms with Crippen LogP contribution < -0.4 is 16.2 Å². The third-order valence-corrected chi connectivity index (χ3v) is 2.79. The second-order valence-electron chi connectivity index (χ2n) is 4.25. The van der Waals surface area contributed by atoms with Gasteiger partial charge < -0.3 is 16.2 Å². The van der Waals surface area contributed by atoms with E-state index in [1.807, 2.05) is 36.4 Å². The molecule has 5 nitrogen and oxygen atoms in total. The van der Waals surface area contributed by atoms with Gasteiger partial charge in [0.1, 0.15) is 29.0 Å². The third-order valence-electron chi connectivity index (χ3n) is 2.79. The highest BCUT2D eigenvalue weighted by Crippen LogP contribution is 2.23. The van der Waals surface area contributed by atoms with Gasteiger partial charge in [0.25, 0.3) is 0 Å². The Morgan fingerprint density at radius 3 is 2.05 bits per heavy atom. The molecule has 0 radical (unpaired) electrons. The van der Waals surface area contributed by atoms with Gasteiger partial charge in [0.2, 0.25) is 0 Å². The molecule has 5 heteroatoms. The number of nitrogens with zero attached hydrogens (tertiary/aromatic N) is 1. The number of benzene rings is 2. The Morgan fingerprint density at radius 2 is 1.52 bits per heavy atom. The number of nitriles is 1. The average molecular weight is 278 g/mol. The van der Waals surface area contributed by atoms with Crippen molar-refractivity contribution in [3.05, 3.63) is 65.7 Å². The first kappa shape index (κ1) is 14.2. The van der Waals surface area contributed by atoms with E-state index in [4.69, 9.17) is 26.9 Å². The lowest BCUT2D eigenvalue weighted by Crippen LogP contribution is -2.16. The zero-order valence-corrected chi connectivity index (χ0v) is 11.2. The minimum atomic E-state index is -0.348. The smallest absolute Gasteiger partial charge is 0.135 e. The summed E-state index contributed by atoms with van der Waals surface area (Å²) in [4.78, 5) is 0. The van der Waals surface area contributed by atoms with Gasteiger partial charge in [-0.05, 0) is 42.0 Å². The molecular weight excluding hydrogens is 264 g/mol. The standard InChI is InChI=1S/C16H14N4O/c17-10-14(16(19)20)15(18)11-6-8-13(9-7-11)21-12-4-2-1-3-5-12/h1-9H,18H2,(H3,19,20). The lowest BCUT2D eigenvalue weighted by atomic mass is 10.1. The Balaban J connectivity index is 2.24. The van der Waals surface area contributed by atoms with Crippen LogP contribution in [0.1, 0.15) is 5.56 Å². The molecule has 0 aliphatic carbocycles. The summed E-state index contributed by atoms with van der Waals surface area (Å²) >= 11 is 0. The number of para-hydroxylation sites is 1. The molecule has 0 aliphatic heterocycles. The fourth-order valence-electron chi connectivity index (χ4n) is 1.74. The van der Waals surface area contributed by atoms with E-state index in [0.29, 0.717) is 11.3 Å². The number of nitrogens with one attached hydrogen (secondary N) is 1. The monoisotopic (exact) mass is 278 g/mol. The first-order valence-corrected chi connectivity index (χ1v) is 6.19. The molecule has 0 amide bonds. The Kier molecular flexibility index (Phi) is 4.22. The van der Waals surface area contributed by atoms with Gasteiger partial charge in [-0.3, -0.25) is 5.41 Å². The van der Waals surface area contributed by atoms with Gasteiger partial charge in [0, 0.05) is 0 Å². The molecule has 0 saturated carbocycles. The quantitative estimate of drug-likeness (QED) is 0.453. The van der Waals surface area contributed by atoms with Gasteiger partial charge in [0.05, 0.1) is 5.70 Å². The number of hydrogen-bond donors (Lipinski definition) is 3. The van der Waals surface area contributed by atoms with Crippen LogP contribution >= 0.6 is 0 Å². The van der Waals surface area contributed by atoms with Gasteiger partial charge in [0.15, 0.2) is 0 Å². The molecule has 2 rings (SSSR count). The summed E-state index contributed by atoms with van der Waals surface area (Å²) in [7, 11) is 0. The molecule has 2 aromatic rings. The number of ether oxygens (including phenoxy) is 1. The summed E-state index contributed by atoms with van der Waals surface area (Å²) in [5, 5.41) is 16.3. The lowest BCUT2D eigenvalue weighted by molar-refractivity contribution is 0.482. The van der Waals surface area contributed by atoms with Crippen LogP contribution in [0.15, 0.2) is 60.2 Å². The minimum absolute atomic E-state index is 0.0354. The fraction of sp³-hybridized carbons (Fsp3) is 0. The Morgan fingerprint density at radius 1 is 0.952 bits per heavy atom. The van der Waals surface area contributed by atoms with Crippen LogP contribution in [-0.4, -0.2) is 5.84 Å². The van der Waals surface area contributed by atoms with E-state index in [1.165, 1.54) is 0 Å². The number of nitrogens with two attached hydrogens (primary N) is 2. The first-order chi connectivity index (χ1) is 10.1. The van der Waals surface area contributed by atoms with Gasteiger partial charge in [-0.25, -0.2) is 0 Å². The van der Waals surface area contributed by atoms with E-state index in [9.17, 15) is 0 Å². The van der Waals surface area contributed by atoms with E-state index in [2.05, 4.69) is 0 Å². The van der Waals surface area contributed by atoms with Gasteiger partial charge in [-0.1, -0.05) is 18.2 Å². The van der Waals surface area contributed by atoms with Crippen LogP contribution in [0.3, 0.4) is 0 Å². The summed E-state index contributed by atoms with van der Waals surface area (Å²) in [6.07, 6.45) is 0. The zero-order valence-electron chi connectivity index (χ0n) is 11.2. The summed E-state index contributed by atoms with van der Waals surface area (Å²) < 4.78 is 5.66. The van der Waals surface area contributed by atoms with Crippen molar-refractivity contribution in [1.82, 2.24) is 0 Å². The average Bonchev–Trinajstić information content (AvgIpc) is 2.49. The maximum absolute atomic E-state index is 8.94. The van der Waals surface area contributed by atoms with E-state index in [0.717, 1.165) is 5.75 Å². The molecule has 104 valence electrons. The molecule has 0 bridgehead atoms. The SMILES string of the molecule is N#CC(C(=N)N)=C(N)c1ccc(Oc2ccccc2)cc1. The largest absolute Gasteiger partial charge is 0.457 e. The minimum Gasteiger partial charge on any atom is -0.457 e. The zero-order chi connectivity index (χ0) is 15.2. The highest BCUT2D eigenvalue weighted by Gasteiger charge is 2.08. The molecule has 0 aliphatic rings. The Hall–Kier alpha value is -3.26. The number of amidine groups is 1. The summed E-state index contributed by atoms with van der Waals surface area (Å²) in [6.45, 7) is 0. The van der Waals surface area contributed by atoms with Crippen molar-refractivity contribution in [3.63, 3.8) is 0 Å². The maximum atomic E-state index is 8.94. The molecule has 0 saturated heterocycles. The van der Waals surface area contributed by atoms with Crippen molar-refractivity contribution in [2.75, 3.05) is 0 Å². The fourth-order valence-corrected chi connectivity index (χ4v) is 1.74. The Labute approximate surface area is 122 Å². The topological polar surface area (TPSA) is 109 Å².